The molecule has 1 fully saturated rings. The number of aromatic nitrogens is 1. The van der Waals surface area contributed by atoms with Gasteiger partial charge in [0, 0.05) is 24.8 Å². The average Bonchev–Trinajstić information content (AvgIpc) is 2.83. The van der Waals surface area contributed by atoms with Gasteiger partial charge in [-0.2, -0.15) is 0 Å². The first-order valence-electron chi connectivity index (χ1n) is 10.6. The molecule has 1 saturated heterocycles. The predicted molar refractivity (Wildman–Crippen MR) is 120 cm³/mol. The average molecular weight is 412 g/mol. The third kappa shape index (κ3) is 3.54. The molecular weight excluding hydrogens is 388 g/mol. The first-order valence-corrected chi connectivity index (χ1v) is 10.6. The minimum atomic E-state index is -0.724. The molecule has 0 saturated carbocycles. The number of fused-ring (bicyclic) bond motifs is 1. The number of likely N-dealkylation sites (tertiary alicyclic amines) is 1. The minimum absolute atomic E-state index is 0.0157. The lowest BCUT2D eigenvalue weighted by Crippen LogP contribution is -2.62. The van der Waals surface area contributed by atoms with Crippen molar-refractivity contribution in [3.8, 4) is 0 Å². The van der Waals surface area contributed by atoms with E-state index in [2.05, 4.69) is 10.3 Å². The highest BCUT2D eigenvalue weighted by molar-refractivity contribution is 6.07. The fourth-order valence-corrected chi connectivity index (χ4v) is 4.48. The third-order valence-corrected chi connectivity index (χ3v) is 6.18. The number of hydrogen-bond donors (Lipinski definition) is 1. The van der Waals surface area contributed by atoms with E-state index in [1.807, 2.05) is 77.7 Å². The molecule has 3 aromatic rings. The van der Waals surface area contributed by atoms with Gasteiger partial charge in [-0.15, -0.1) is 0 Å². The van der Waals surface area contributed by atoms with Crippen LogP contribution >= 0.6 is 0 Å². The summed E-state index contributed by atoms with van der Waals surface area (Å²) in [6, 6.07) is 23.1. The van der Waals surface area contributed by atoms with E-state index in [9.17, 15) is 9.59 Å². The number of pyridine rings is 1. The summed E-state index contributed by atoms with van der Waals surface area (Å²) < 4.78 is 0. The molecule has 2 aliphatic rings. The molecule has 0 atom stereocenters. The molecule has 0 unspecified atom stereocenters. The molecule has 1 N–H and O–H groups in total. The molecule has 1 spiro atoms. The Hall–Kier alpha value is -3.67. The molecule has 2 amide bonds. The Kier molecular flexibility index (Phi) is 4.90. The molecule has 0 aliphatic carbocycles. The number of benzene rings is 2. The number of carbonyl (C=O) groups excluding carboxylic acids is 2. The molecule has 6 nitrogen and oxygen atoms in total. The quantitative estimate of drug-likeness (QED) is 0.712. The van der Waals surface area contributed by atoms with E-state index in [1.165, 1.54) is 0 Å². The number of piperidine rings is 1. The molecule has 0 bridgehead atoms. The van der Waals surface area contributed by atoms with Gasteiger partial charge in [0.05, 0.1) is 12.2 Å². The lowest BCUT2D eigenvalue weighted by atomic mass is 9.83. The van der Waals surface area contributed by atoms with Crippen LogP contribution < -0.4 is 10.2 Å². The highest BCUT2D eigenvalue weighted by Gasteiger charge is 2.48. The Bertz CT molecular complexity index is 1090. The number of nitrogens with one attached hydrogen (secondary N) is 1. The van der Waals surface area contributed by atoms with Gasteiger partial charge in [0.1, 0.15) is 5.54 Å². The number of nitrogens with zero attached hydrogens (tertiary/aromatic N) is 3. The summed E-state index contributed by atoms with van der Waals surface area (Å²) >= 11 is 0. The summed E-state index contributed by atoms with van der Waals surface area (Å²) in [7, 11) is 0. The molecule has 2 aliphatic heterocycles. The first kappa shape index (κ1) is 19.3. The lowest BCUT2D eigenvalue weighted by molar-refractivity contribution is -0.124. The van der Waals surface area contributed by atoms with Crippen molar-refractivity contribution in [1.29, 1.82) is 0 Å². The molecule has 1 aromatic heterocycles. The van der Waals surface area contributed by atoms with E-state index in [0.29, 0.717) is 43.9 Å². The first-order chi connectivity index (χ1) is 15.2. The fraction of sp³-hybridized carbons (Fsp3) is 0.240. The lowest BCUT2D eigenvalue weighted by Gasteiger charge is -2.47. The number of rotatable bonds is 3. The molecule has 5 rings (SSSR count). The van der Waals surface area contributed by atoms with Crippen LogP contribution in [0.25, 0.3) is 0 Å². The summed E-state index contributed by atoms with van der Waals surface area (Å²) in [5, 5.41) is 3.49. The largest absolute Gasteiger partial charge is 0.368 e. The maximum Gasteiger partial charge on any atom is 0.254 e. The van der Waals surface area contributed by atoms with Crippen LogP contribution in [0.15, 0.2) is 79.0 Å². The van der Waals surface area contributed by atoms with Crippen molar-refractivity contribution in [2.75, 3.05) is 23.3 Å². The fourth-order valence-electron chi connectivity index (χ4n) is 4.48. The summed E-state index contributed by atoms with van der Waals surface area (Å²) in [6.45, 7) is 1.53. The van der Waals surface area contributed by atoms with Crippen LogP contribution in [0, 0.1) is 0 Å². The van der Waals surface area contributed by atoms with Crippen LogP contribution in [0.4, 0.5) is 11.5 Å². The molecule has 0 radical (unpaired) electrons. The van der Waals surface area contributed by atoms with Gasteiger partial charge in [-0.25, -0.2) is 4.98 Å². The van der Waals surface area contributed by atoms with E-state index in [4.69, 9.17) is 0 Å². The number of hydrogen-bond acceptors (Lipinski definition) is 4. The number of anilines is 2. The van der Waals surface area contributed by atoms with Crippen LogP contribution in [-0.4, -0.2) is 40.3 Å². The standard InChI is InChI=1S/C25H24N4O2/c30-23(20-10-5-2-6-11-20)28-16-13-25(14-17-28)24(31)29(18-19-8-3-1-4-9-19)22-21(27-25)12-7-15-26-22/h1-12,15,27H,13-14,16-18H2. The highest BCUT2D eigenvalue weighted by Crippen LogP contribution is 2.39. The zero-order valence-electron chi connectivity index (χ0n) is 17.2. The second-order valence-electron chi connectivity index (χ2n) is 8.12. The van der Waals surface area contributed by atoms with E-state index in [1.54, 1.807) is 11.1 Å². The van der Waals surface area contributed by atoms with E-state index >= 15 is 0 Å². The summed E-state index contributed by atoms with van der Waals surface area (Å²) in [5.41, 5.74) is 1.88. The smallest absolute Gasteiger partial charge is 0.254 e. The van der Waals surface area contributed by atoms with Crippen molar-refractivity contribution in [1.82, 2.24) is 9.88 Å². The van der Waals surface area contributed by atoms with Gasteiger partial charge in [-0.1, -0.05) is 48.5 Å². The van der Waals surface area contributed by atoms with Gasteiger partial charge in [0.15, 0.2) is 5.82 Å². The van der Waals surface area contributed by atoms with Crippen molar-refractivity contribution < 1.29 is 9.59 Å². The topological polar surface area (TPSA) is 65.5 Å². The monoisotopic (exact) mass is 412 g/mol. The molecule has 3 heterocycles. The Morgan fingerprint density at radius 1 is 0.935 bits per heavy atom. The van der Waals surface area contributed by atoms with Crippen LogP contribution in [0.5, 0.6) is 0 Å². The maximum atomic E-state index is 13.7. The minimum Gasteiger partial charge on any atom is -0.368 e. The molecule has 2 aromatic carbocycles. The SMILES string of the molecule is O=C(c1ccccc1)N1CCC2(CC1)Nc1cccnc1N(Cc1ccccc1)C2=O. The molecular formula is C25H24N4O2. The molecule has 156 valence electrons. The number of amides is 2. The van der Waals surface area contributed by atoms with E-state index in [-0.39, 0.29) is 11.8 Å². The third-order valence-electron chi connectivity index (χ3n) is 6.18. The Labute approximate surface area is 181 Å². The van der Waals surface area contributed by atoms with Crippen molar-refractivity contribution in [3.05, 3.63) is 90.1 Å². The van der Waals surface area contributed by atoms with E-state index in [0.717, 1.165) is 11.3 Å². The summed E-state index contributed by atoms with van der Waals surface area (Å²) in [5.74, 6) is 0.695. The number of carbonyl (C=O) groups is 2. The Morgan fingerprint density at radius 3 is 2.32 bits per heavy atom. The Balaban J connectivity index is 1.40. The normalized spacial score (nSPS) is 17.2. The zero-order chi connectivity index (χ0) is 21.3. The zero-order valence-corrected chi connectivity index (χ0v) is 17.2. The van der Waals surface area contributed by atoms with Crippen LogP contribution in [0.2, 0.25) is 0 Å². The second kappa shape index (κ2) is 7.87. The van der Waals surface area contributed by atoms with Crippen molar-refractivity contribution >= 4 is 23.3 Å². The Morgan fingerprint density at radius 2 is 1.61 bits per heavy atom. The maximum absolute atomic E-state index is 13.7. The van der Waals surface area contributed by atoms with Gasteiger partial charge < -0.3 is 10.2 Å². The van der Waals surface area contributed by atoms with Crippen molar-refractivity contribution in [2.45, 2.75) is 24.9 Å². The van der Waals surface area contributed by atoms with Gasteiger partial charge in [0.2, 0.25) is 0 Å². The van der Waals surface area contributed by atoms with Crippen LogP contribution in [0.1, 0.15) is 28.8 Å². The van der Waals surface area contributed by atoms with Crippen LogP contribution in [0.3, 0.4) is 0 Å². The highest BCUT2D eigenvalue weighted by atomic mass is 16.2. The summed E-state index contributed by atoms with van der Waals surface area (Å²) in [4.78, 5) is 34.7. The van der Waals surface area contributed by atoms with Crippen molar-refractivity contribution in [2.24, 2.45) is 0 Å². The van der Waals surface area contributed by atoms with Gasteiger partial charge in [-0.3, -0.25) is 14.5 Å². The molecule has 6 heteroatoms. The summed E-state index contributed by atoms with van der Waals surface area (Å²) in [6.07, 6.45) is 2.83. The van der Waals surface area contributed by atoms with Gasteiger partial charge in [0.25, 0.3) is 11.8 Å². The van der Waals surface area contributed by atoms with Crippen molar-refractivity contribution in [3.63, 3.8) is 0 Å². The predicted octanol–water partition coefficient (Wildman–Crippen LogP) is 3.72. The second-order valence-corrected chi connectivity index (χ2v) is 8.12. The van der Waals surface area contributed by atoms with Crippen LogP contribution in [-0.2, 0) is 11.3 Å². The van der Waals surface area contributed by atoms with Gasteiger partial charge >= 0.3 is 0 Å². The van der Waals surface area contributed by atoms with E-state index < -0.39 is 5.54 Å². The molecule has 31 heavy (non-hydrogen) atoms. The van der Waals surface area contributed by atoms with Gasteiger partial charge in [-0.05, 0) is 42.7 Å².